The number of rotatable bonds is 10. The van der Waals surface area contributed by atoms with Gasteiger partial charge in [0.15, 0.2) is 29.5 Å². The number of nitrogens with zero attached hydrogens (tertiary/aromatic N) is 4. The summed E-state index contributed by atoms with van der Waals surface area (Å²) in [5.74, 6) is 0.239. The Morgan fingerprint density at radius 2 is 1.97 bits per heavy atom. The molecule has 1 aromatic carbocycles. The molecule has 2 aliphatic heterocycles. The van der Waals surface area contributed by atoms with Gasteiger partial charge < -0.3 is 34.7 Å². The number of anilines is 1. The summed E-state index contributed by atoms with van der Waals surface area (Å²) in [6.07, 6.45) is -0.0132. The first-order valence-corrected chi connectivity index (χ1v) is 14.0. The van der Waals surface area contributed by atoms with Crippen molar-refractivity contribution < 1.29 is 33.0 Å². The highest BCUT2D eigenvalue weighted by molar-refractivity contribution is 7.52. The molecule has 2 saturated heterocycles. The fraction of sp³-hybridized carbons (Fsp3) is 0.478. The van der Waals surface area contributed by atoms with Crippen LogP contribution in [0.5, 0.6) is 0 Å². The molecule has 6 atom stereocenters. The lowest BCUT2D eigenvalue weighted by Gasteiger charge is -2.22. The SMILES string of the molecule is CCNC(=O)Nc1ncnc2c1ncn2[C@@H]1O[C@H](COP(=O)(O)CCN)C2OC(Cc3ccccc3)OC21. The van der Waals surface area contributed by atoms with E-state index in [9.17, 15) is 14.3 Å². The molecule has 0 spiro atoms. The second-order valence-electron chi connectivity index (χ2n) is 8.86. The maximum absolute atomic E-state index is 12.3. The number of fused-ring (bicyclic) bond motifs is 2. The quantitative estimate of drug-likeness (QED) is 0.269. The minimum Gasteiger partial charge on any atom is -0.347 e. The second-order valence-corrected chi connectivity index (χ2v) is 10.8. The molecule has 0 aliphatic carbocycles. The number of carbonyl (C=O) groups excluding carboxylic acids is 1. The summed E-state index contributed by atoms with van der Waals surface area (Å²) < 4.78 is 38.0. The van der Waals surface area contributed by atoms with E-state index in [1.807, 2.05) is 30.3 Å². The Morgan fingerprint density at radius 3 is 2.74 bits per heavy atom. The number of carbonyl (C=O) groups is 1. The van der Waals surface area contributed by atoms with Gasteiger partial charge in [0, 0.05) is 19.5 Å². The molecule has 0 saturated carbocycles. The fourth-order valence-electron chi connectivity index (χ4n) is 4.52. The van der Waals surface area contributed by atoms with E-state index in [2.05, 4.69) is 25.6 Å². The summed E-state index contributed by atoms with van der Waals surface area (Å²) in [6.45, 7) is 2.07. The van der Waals surface area contributed by atoms with Crippen LogP contribution < -0.4 is 16.4 Å². The molecule has 2 amide bonds. The zero-order valence-electron chi connectivity index (χ0n) is 20.7. The van der Waals surface area contributed by atoms with Crippen LogP contribution in [0.3, 0.4) is 0 Å². The summed E-state index contributed by atoms with van der Waals surface area (Å²) in [5, 5.41) is 5.31. The lowest BCUT2D eigenvalue weighted by atomic mass is 10.1. The molecule has 14 nitrogen and oxygen atoms in total. The van der Waals surface area contributed by atoms with Gasteiger partial charge in [-0.25, -0.2) is 19.7 Å². The van der Waals surface area contributed by atoms with Gasteiger partial charge in [-0.15, -0.1) is 0 Å². The van der Waals surface area contributed by atoms with Crippen LogP contribution in [-0.4, -0.2) is 80.9 Å². The van der Waals surface area contributed by atoms with Gasteiger partial charge in [-0.1, -0.05) is 30.3 Å². The van der Waals surface area contributed by atoms with Crippen LogP contribution in [0.4, 0.5) is 10.6 Å². The third-order valence-corrected chi connectivity index (χ3v) is 7.58. The van der Waals surface area contributed by atoms with Crippen LogP contribution in [0.1, 0.15) is 18.7 Å². The number of hydrogen-bond donors (Lipinski definition) is 4. The molecule has 5 rings (SSSR count). The minimum absolute atomic E-state index is 0.0140. The van der Waals surface area contributed by atoms with E-state index in [1.165, 1.54) is 12.7 Å². The van der Waals surface area contributed by atoms with Gasteiger partial charge in [-0.3, -0.25) is 14.4 Å². The van der Waals surface area contributed by atoms with E-state index in [4.69, 9.17) is 24.5 Å². The molecule has 2 aromatic heterocycles. The maximum atomic E-state index is 12.3. The lowest BCUT2D eigenvalue weighted by Crippen LogP contribution is -2.32. The predicted molar refractivity (Wildman–Crippen MR) is 135 cm³/mol. The van der Waals surface area contributed by atoms with Crippen LogP contribution in [0.2, 0.25) is 0 Å². The zero-order chi connectivity index (χ0) is 26.7. The van der Waals surface area contributed by atoms with Crippen LogP contribution >= 0.6 is 7.60 Å². The lowest BCUT2D eigenvalue weighted by molar-refractivity contribution is -0.148. The number of nitrogens with one attached hydrogen (secondary N) is 2. The Morgan fingerprint density at radius 1 is 1.18 bits per heavy atom. The molecule has 3 aromatic rings. The molecule has 5 N–H and O–H groups in total. The Balaban J connectivity index is 1.40. The Labute approximate surface area is 218 Å². The summed E-state index contributed by atoms with van der Waals surface area (Å²) in [4.78, 5) is 35.0. The van der Waals surface area contributed by atoms with Gasteiger partial charge in [0.2, 0.25) is 0 Å². The largest absolute Gasteiger partial charge is 0.347 e. The average Bonchev–Trinajstić information content (AvgIpc) is 3.58. The molecule has 4 heterocycles. The highest BCUT2D eigenvalue weighted by Crippen LogP contribution is 2.45. The molecule has 4 unspecified atom stereocenters. The molecule has 2 fully saturated rings. The number of ether oxygens (including phenoxy) is 3. The van der Waals surface area contributed by atoms with Crippen molar-refractivity contribution in [2.45, 2.75) is 44.2 Å². The number of nitrogens with two attached hydrogens (primary N) is 1. The molecule has 2 aliphatic rings. The standard InChI is InChI=1S/C23H30N7O7P/c1-2-25-23(31)29-20-17-21(27-12-26-20)30(13-28-17)22-19-18(15(35-22)11-34-38(32,33)9-8-24)36-16(37-19)10-14-6-4-3-5-7-14/h3-7,12-13,15-16,18-19,22H,2,8-11,24H2,1H3,(H,32,33)(H2,25,26,27,29,31)/t15-,16?,18?,19?,22-/m1/s1. The Bertz CT molecular complexity index is 1310. The van der Waals surface area contributed by atoms with E-state index < -0.39 is 44.5 Å². The van der Waals surface area contributed by atoms with Gasteiger partial charge in [-0.2, -0.15) is 0 Å². The highest BCUT2D eigenvalue weighted by atomic mass is 31.2. The third-order valence-electron chi connectivity index (χ3n) is 6.20. The molecule has 0 bridgehead atoms. The minimum atomic E-state index is -3.88. The Hall–Kier alpha value is -2.97. The fourth-order valence-corrected chi connectivity index (χ4v) is 5.36. The smallest absolute Gasteiger partial charge is 0.329 e. The number of hydrogen-bond acceptors (Lipinski definition) is 10. The molecule has 38 heavy (non-hydrogen) atoms. The average molecular weight is 548 g/mol. The number of amides is 2. The maximum Gasteiger partial charge on any atom is 0.329 e. The molecule has 15 heteroatoms. The summed E-state index contributed by atoms with van der Waals surface area (Å²) in [6, 6.07) is 9.35. The number of benzene rings is 1. The van der Waals surface area contributed by atoms with Crippen molar-refractivity contribution in [3.63, 3.8) is 0 Å². The van der Waals surface area contributed by atoms with E-state index in [0.717, 1.165) is 5.56 Å². The number of imidazole rings is 1. The van der Waals surface area contributed by atoms with Gasteiger partial charge in [0.05, 0.1) is 19.1 Å². The monoisotopic (exact) mass is 547 g/mol. The topological polar surface area (TPSA) is 185 Å². The normalized spacial score (nSPS) is 26.2. The van der Waals surface area contributed by atoms with Gasteiger partial charge >= 0.3 is 13.6 Å². The first-order chi connectivity index (χ1) is 18.4. The van der Waals surface area contributed by atoms with Crippen LogP contribution in [0.15, 0.2) is 43.0 Å². The van der Waals surface area contributed by atoms with Gasteiger partial charge in [-0.05, 0) is 12.5 Å². The van der Waals surface area contributed by atoms with E-state index in [-0.39, 0.29) is 25.1 Å². The van der Waals surface area contributed by atoms with Crippen molar-refractivity contribution in [1.29, 1.82) is 0 Å². The summed E-state index contributed by atoms with van der Waals surface area (Å²) in [7, 11) is -3.88. The highest BCUT2D eigenvalue weighted by Gasteiger charge is 2.54. The number of urea groups is 1. The second kappa shape index (κ2) is 11.4. The van der Waals surface area contributed by atoms with E-state index in [0.29, 0.717) is 24.1 Å². The van der Waals surface area contributed by atoms with Crippen molar-refractivity contribution in [3.8, 4) is 0 Å². The van der Waals surface area contributed by atoms with Gasteiger partial charge in [0.25, 0.3) is 0 Å². The zero-order valence-corrected chi connectivity index (χ0v) is 21.6. The summed E-state index contributed by atoms with van der Waals surface area (Å²) in [5.41, 5.74) is 7.24. The Kier molecular flexibility index (Phi) is 8.00. The van der Waals surface area contributed by atoms with Crippen molar-refractivity contribution in [2.24, 2.45) is 5.73 Å². The molecule has 0 radical (unpaired) electrons. The number of aromatic nitrogens is 4. The van der Waals surface area contributed by atoms with Crippen LogP contribution in [-0.2, 0) is 29.7 Å². The molecule has 204 valence electrons. The van der Waals surface area contributed by atoms with E-state index >= 15 is 0 Å². The van der Waals surface area contributed by atoms with Crippen molar-refractivity contribution in [2.75, 3.05) is 31.2 Å². The van der Waals surface area contributed by atoms with Crippen LogP contribution in [0.25, 0.3) is 11.2 Å². The van der Waals surface area contributed by atoms with Crippen molar-refractivity contribution in [1.82, 2.24) is 24.8 Å². The van der Waals surface area contributed by atoms with Crippen molar-refractivity contribution >= 4 is 30.6 Å². The molecular weight excluding hydrogens is 517 g/mol. The first-order valence-electron chi connectivity index (χ1n) is 12.3. The van der Waals surface area contributed by atoms with Gasteiger partial charge in [0.1, 0.15) is 24.6 Å². The predicted octanol–water partition coefficient (Wildman–Crippen LogP) is 1.38. The third kappa shape index (κ3) is 5.71. The summed E-state index contributed by atoms with van der Waals surface area (Å²) >= 11 is 0. The first kappa shape index (κ1) is 26.6. The van der Waals surface area contributed by atoms with Crippen LogP contribution in [0, 0.1) is 0 Å². The van der Waals surface area contributed by atoms with Crippen molar-refractivity contribution in [3.05, 3.63) is 48.5 Å². The molecular formula is C23H30N7O7P. The van der Waals surface area contributed by atoms with E-state index in [1.54, 1.807) is 11.5 Å².